The number of hydrogen-bond acceptors (Lipinski definition) is 6. The van der Waals surface area contributed by atoms with Gasteiger partial charge in [0.1, 0.15) is 6.54 Å². The molecule has 1 fully saturated rings. The SMILES string of the molecule is Cc1ccc(N2C(=O)C3N=NN(CC(=O)Nc4ccccc4Cl)C3C2=O)cc1C. The fourth-order valence-electron chi connectivity index (χ4n) is 3.37. The number of aryl methyl sites for hydroxylation is 2. The summed E-state index contributed by atoms with van der Waals surface area (Å²) in [5.41, 5.74) is 2.98. The Bertz CT molecular complexity index is 1050. The maximum absolute atomic E-state index is 13.0. The molecule has 2 unspecified atom stereocenters. The van der Waals surface area contributed by atoms with Gasteiger partial charge in [-0.15, -0.1) is 0 Å². The molecule has 2 heterocycles. The van der Waals surface area contributed by atoms with Crippen molar-refractivity contribution in [3.63, 3.8) is 0 Å². The summed E-state index contributed by atoms with van der Waals surface area (Å²) in [7, 11) is 0. The zero-order chi connectivity index (χ0) is 20.7. The van der Waals surface area contributed by atoms with E-state index in [0.29, 0.717) is 16.4 Å². The predicted octanol–water partition coefficient (Wildman–Crippen LogP) is 2.89. The van der Waals surface area contributed by atoms with E-state index < -0.39 is 29.8 Å². The molecule has 2 aliphatic heterocycles. The summed E-state index contributed by atoms with van der Waals surface area (Å²) in [6, 6.07) is 10.3. The van der Waals surface area contributed by atoms with Crippen molar-refractivity contribution < 1.29 is 14.4 Å². The summed E-state index contributed by atoms with van der Waals surface area (Å²) in [5.74, 6) is -1.30. The number of amides is 3. The smallest absolute Gasteiger partial charge is 0.263 e. The molecule has 2 aromatic rings. The maximum Gasteiger partial charge on any atom is 0.263 e. The fourth-order valence-corrected chi connectivity index (χ4v) is 3.56. The highest BCUT2D eigenvalue weighted by molar-refractivity contribution is 6.33. The van der Waals surface area contributed by atoms with Crippen LogP contribution in [0.15, 0.2) is 52.8 Å². The molecule has 148 valence electrons. The molecule has 0 aromatic heterocycles. The number of anilines is 2. The zero-order valence-corrected chi connectivity index (χ0v) is 16.6. The minimum absolute atomic E-state index is 0.227. The van der Waals surface area contributed by atoms with Crippen molar-refractivity contribution in [3.8, 4) is 0 Å². The van der Waals surface area contributed by atoms with E-state index in [2.05, 4.69) is 15.7 Å². The van der Waals surface area contributed by atoms with E-state index in [1.54, 1.807) is 36.4 Å². The number of imide groups is 1. The second-order valence-electron chi connectivity index (χ2n) is 7.00. The van der Waals surface area contributed by atoms with Gasteiger partial charge in [-0.2, -0.15) is 5.11 Å². The normalized spacial score (nSPS) is 20.4. The van der Waals surface area contributed by atoms with Crippen LogP contribution in [0.4, 0.5) is 11.4 Å². The van der Waals surface area contributed by atoms with Gasteiger partial charge >= 0.3 is 0 Å². The van der Waals surface area contributed by atoms with E-state index in [-0.39, 0.29) is 6.54 Å². The summed E-state index contributed by atoms with van der Waals surface area (Å²) in [5, 5.41) is 12.1. The third-order valence-corrected chi connectivity index (χ3v) is 5.39. The van der Waals surface area contributed by atoms with Crippen LogP contribution in [0.2, 0.25) is 5.02 Å². The second kappa shape index (κ2) is 7.29. The third kappa shape index (κ3) is 3.36. The molecule has 9 heteroatoms. The topological polar surface area (TPSA) is 94.4 Å². The van der Waals surface area contributed by atoms with Crippen molar-refractivity contribution in [1.29, 1.82) is 0 Å². The standard InChI is InChI=1S/C20H18ClN5O3/c1-11-7-8-13(9-12(11)2)26-19(28)17-18(20(26)29)25(24-23-17)10-16(27)22-15-6-4-3-5-14(15)21/h3-9,17-18H,10H2,1-2H3,(H,22,27). The average molecular weight is 412 g/mol. The number of carbonyl (C=O) groups excluding carboxylic acids is 3. The van der Waals surface area contributed by atoms with E-state index in [4.69, 9.17) is 11.6 Å². The number of benzene rings is 2. The molecule has 2 atom stereocenters. The Hall–Kier alpha value is -3.26. The first-order valence-corrected chi connectivity index (χ1v) is 9.41. The van der Waals surface area contributed by atoms with Gasteiger partial charge in [0.25, 0.3) is 11.8 Å². The summed E-state index contributed by atoms with van der Waals surface area (Å²) in [6.07, 6.45) is 0. The van der Waals surface area contributed by atoms with E-state index in [9.17, 15) is 14.4 Å². The molecule has 0 saturated carbocycles. The highest BCUT2D eigenvalue weighted by Gasteiger charge is 2.55. The molecule has 8 nitrogen and oxygen atoms in total. The monoisotopic (exact) mass is 411 g/mol. The lowest BCUT2D eigenvalue weighted by Gasteiger charge is -2.20. The van der Waals surface area contributed by atoms with Crippen LogP contribution in [0.1, 0.15) is 11.1 Å². The first-order chi connectivity index (χ1) is 13.9. The molecule has 3 amide bonds. The van der Waals surface area contributed by atoms with Crippen molar-refractivity contribution in [3.05, 3.63) is 58.6 Å². The first kappa shape index (κ1) is 19.1. The number of nitrogens with one attached hydrogen (secondary N) is 1. The van der Waals surface area contributed by atoms with E-state index in [1.165, 1.54) is 5.01 Å². The lowest BCUT2D eigenvalue weighted by Crippen LogP contribution is -2.43. The van der Waals surface area contributed by atoms with Gasteiger partial charge in [0.05, 0.1) is 16.4 Å². The van der Waals surface area contributed by atoms with Crippen LogP contribution in [-0.2, 0) is 14.4 Å². The molecule has 29 heavy (non-hydrogen) atoms. The van der Waals surface area contributed by atoms with Crippen LogP contribution in [0, 0.1) is 13.8 Å². The van der Waals surface area contributed by atoms with E-state index in [0.717, 1.165) is 16.0 Å². The predicted molar refractivity (Wildman–Crippen MR) is 108 cm³/mol. The van der Waals surface area contributed by atoms with Crippen LogP contribution in [0.5, 0.6) is 0 Å². The Morgan fingerprint density at radius 3 is 2.59 bits per heavy atom. The number of rotatable bonds is 4. The van der Waals surface area contributed by atoms with Crippen LogP contribution >= 0.6 is 11.6 Å². The molecule has 2 aromatic carbocycles. The molecule has 4 rings (SSSR count). The van der Waals surface area contributed by atoms with Crippen molar-refractivity contribution in [2.24, 2.45) is 10.3 Å². The average Bonchev–Trinajstić information content (AvgIpc) is 3.20. The maximum atomic E-state index is 13.0. The fraction of sp³-hybridized carbons (Fsp3) is 0.250. The zero-order valence-electron chi connectivity index (χ0n) is 15.8. The van der Waals surface area contributed by atoms with Crippen LogP contribution in [0.25, 0.3) is 0 Å². The van der Waals surface area contributed by atoms with Crippen molar-refractivity contribution in [2.75, 3.05) is 16.8 Å². The number of fused-ring (bicyclic) bond motifs is 1. The Morgan fingerprint density at radius 2 is 1.86 bits per heavy atom. The van der Waals surface area contributed by atoms with Gasteiger partial charge in [-0.3, -0.25) is 19.4 Å². The molecule has 1 N–H and O–H groups in total. The van der Waals surface area contributed by atoms with E-state index >= 15 is 0 Å². The Kier molecular flexibility index (Phi) is 4.79. The second-order valence-corrected chi connectivity index (χ2v) is 7.41. The lowest BCUT2D eigenvalue weighted by molar-refractivity contribution is -0.123. The first-order valence-electron chi connectivity index (χ1n) is 9.03. The quantitative estimate of drug-likeness (QED) is 0.782. The van der Waals surface area contributed by atoms with Crippen LogP contribution in [0.3, 0.4) is 0 Å². The summed E-state index contributed by atoms with van der Waals surface area (Å²) in [4.78, 5) is 39.3. The summed E-state index contributed by atoms with van der Waals surface area (Å²) in [6.45, 7) is 3.64. The molecule has 2 aliphatic rings. The number of nitrogens with zero attached hydrogens (tertiary/aromatic N) is 4. The molecule has 0 spiro atoms. The van der Waals surface area contributed by atoms with Crippen molar-refractivity contribution >= 4 is 40.7 Å². The lowest BCUT2D eigenvalue weighted by atomic mass is 10.1. The van der Waals surface area contributed by atoms with Crippen LogP contribution < -0.4 is 10.2 Å². The van der Waals surface area contributed by atoms with Gasteiger partial charge in [-0.05, 0) is 49.2 Å². The Morgan fingerprint density at radius 1 is 1.10 bits per heavy atom. The highest BCUT2D eigenvalue weighted by atomic mass is 35.5. The van der Waals surface area contributed by atoms with Gasteiger partial charge < -0.3 is 5.32 Å². The van der Waals surface area contributed by atoms with Crippen molar-refractivity contribution in [1.82, 2.24) is 5.01 Å². The molecular formula is C20H18ClN5O3. The van der Waals surface area contributed by atoms with Gasteiger partial charge in [0.2, 0.25) is 5.91 Å². The molecular weight excluding hydrogens is 394 g/mol. The molecule has 0 bridgehead atoms. The Labute approximate surface area is 172 Å². The molecule has 1 saturated heterocycles. The largest absolute Gasteiger partial charge is 0.323 e. The minimum Gasteiger partial charge on any atom is -0.323 e. The van der Waals surface area contributed by atoms with Crippen molar-refractivity contribution in [2.45, 2.75) is 25.9 Å². The number of hydrogen-bond donors (Lipinski definition) is 1. The van der Waals surface area contributed by atoms with Gasteiger partial charge in [-0.25, -0.2) is 4.90 Å². The minimum atomic E-state index is -0.947. The van der Waals surface area contributed by atoms with Gasteiger partial charge in [0.15, 0.2) is 12.1 Å². The van der Waals surface area contributed by atoms with Crippen LogP contribution in [-0.4, -0.2) is 41.4 Å². The Balaban J connectivity index is 1.51. The number of para-hydroxylation sites is 1. The molecule has 0 radical (unpaired) electrons. The third-order valence-electron chi connectivity index (χ3n) is 5.06. The van der Waals surface area contributed by atoms with Gasteiger partial charge in [-0.1, -0.05) is 35.0 Å². The summed E-state index contributed by atoms with van der Waals surface area (Å²) >= 11 is 6.05. The number of halogens is 1. The molecule has 0 aliphatic carbocycles. The number of carbonyl (C=O) groups is 3. The van der Waals surface area contributed by atoms with Gasteiger partial charge in [0, 0.05) is 0 Å². The van der Waals surface area contributed by atoms with E-state index in [1.807, 2.05) is 19.9 Å². The highest BCUT2D eigenvalue weighted by Crippen LogP contribution is 2.32. The summed E-state index contributed by atoms with van der Waals surface area (Å²) < 4.78 is 0.